The van der Waals surface area contributed by atoms with Crippen molar-refractivity contribution in [3.05, 3.63) is 18.5 Å². The molecule has 0 saturated carbocycles. The molecule has 0 spiro atoms. The molecule has 0 unspecified atom stereocenters. The van der Waals surface area contributed by atoms with Crippen molar-refractivity contribution in [2.45, 2.75) is 79.1 Å². The maximum absolute atomic E-state index is 3.60. The Bertz CT molecular complexity index is 244. The van der Waals surface area contributed by atoms with Crippen molar-refractivity contribution in [1.82, 2.24) is 10.2 Å². The van der Waals surface area contributed by atoms with E-state index in [9.17, 15) is 0 Å². The van der Waals surface area contributed by atoms with Gasteiger partial charge < -0.3 is 0 Å². The summed E-state index contributed by atoms with van der Waals surface area (Å²) in [5.74, 6) is 0. The predicted octanol–water partition coefficient (Wildman–Crippen LogP) is 6.61. The number of aromatic nitrogens is 2. The lowest BCUT2D eigenvalue weighted by Crippen LogP contribution is -2.12. The lowest BCUT2D eigenvalue weighted by Gasteiger charge is -2.28. The molecule has 1 aromatic rings. The van der Waals surface area contributed by atoms with E-state index in [1.807, 2.05) is 6.07 Å². The van der Waals surface area contributed by atoms with Crippen LogP contribution in [0.25, 0.3) is 0 Å². The molecule has 1 N–H and O–H groups in total. The van der Waals surface area contributed by atoms with Gasteiger partial charge in [-0.25, -0.2) is 0 Å². The molecule has 0 fully saturated rings. The van der Waals surface area contributed by atoms with Gasteiger partial charge in [-0.15, -0.1) is 0 Å². The van der Waals surface area contributed by atoms with Crippen LogP contribution in [0, 0.1) is 0 Å². The molecule has 0 amide bonds. The van der Waals surface area contributed by atoms with E-state index in [1.165, 1.54) is 51.4 Å². The molecule has 0 aliphatic heterocycles. The number of aromatic amines is 1. The van der Waals surface area contributed by atoms with Crippen molar-refractivity contribution in [1.29, 1.82) is 0 Å². The Hall–Kier alpha value is -0.360. The summed E-state index contributed by atoms with van der Waals surface area (Å²) >= 11 is 0. The Kier molecular flexibility index (Phi) is 15.3. The van der Waals surface area contributed by atoms with Gasteiger partial charge in [-0.05, 0) is 31.7 Å². The first-order valence-electron chi connectivity index (χ1n) is 9.53. The van der Waals surface area contributed by atoms with Crippen molar-refractivity contribution in [3.8, 4) is 0 Å². The highest BCUT2D eigenvalue weighted by molar-refractivity contribution is 7.75. The third kappa shape index (κ3) is 11.2. The van der Waals surface area contributed by atoms with Crippen molar-refractivity contribution in [2.75, 3.05) is 24.6 Å². The molecule has 1 heterocycles. The van der Waals surface area contributed by atoms with Crippen LogP contribution in [0.3, 0.4) is 0 Å². The van der Waals surface area contributed by atoms with E-state index in [2.05, 4.69) is 37.9 Å². The molecule has 0 bridgehead atoms. The van der Waals surface area contributed by atoms with Gasteiger partial charge in [0.05, 0.1) is 24.6 Å². The summed E-state index contributed by atoms with van der Waals surface area (Å²) in [6, 6.07) is 1.83. The maximum atomic E-state index is 3.60. The van der Waals surface area contributed by atoms with Crippen molar-refractivity contribution in [2.24, 2.45) is 0 Å². The third-order valence-corrected chi connectivity index (χ3v) is 9.41. The average Bonchev–Trinajstić information content (AvgIpc) is 3.13. The van der Waals surface area contributed by atoms with Gasteiger partial charge in [-0.2, -0.15) is 5.10 Å². The summed E-state index contributed by atoms with van der Waals surface area (Å²) in [4.78, 5) is 0. The lowest BCUT2D eigenvalue weighted by atomic mass is 10.4. The Labute approximate surface area is 140 Å². The zero-order valence-electron chi connectivity index (χ0n) is 15.6. The van der Waals surface area contributed by atoms with E-state index < -0.39 is 7.26 Å². The highest BCUT2D eigenvalue weighted by atomic mass is 31.2. The van der Waals surface area contributed by atoms with Crippen LogP contribution in [0.1, 0.15) is 79.1 Å². The molecule has 0 radical (unpaired) electrons. The largest absolute Gasteiger partial charge is 0.286 e. The van der Waals surface area contributed by atoms with Crippen LogP contribution in [-0.2, 0) is 0 Å². The zero-order valence-corrected chi connectivity index (χ0v) is 16.5. The van der Waals surface area contributed by atoms with E-state index in [0.717, 1.165) is 0 Å². The Morgan fingerprint density at radius 2 is 1.14 bits per heavy atom. The van der Waals surface area contributed by atoms with Gasteiger partial charge in [0.2, 0.25) is 0 Å². The minimum atomic E-state index is -0.562. The molecule has 2 nitrogen and oxygen atoms in total. The van der Waals surface area contributed by atoms with Gasteiger partial charge in [-0.1, -0.05) is 53.4 Å². The standard InChI is InChI=1S/C16H36P.C3H4N2/c1-5-9-13-17(14-10-6-2,15-11-7-3)16-12-8-4;1-2-4-5-3-1/h5-16H2,1-4H3;1-3H,(H,4,5)/q+1;. The van der Waals surface area contributed by atoms with E-state index in [4.69, 9.17) is 0 Å². The SMILES string of the molecule is CCCC[P+](CCCC)(CCCC)CCCC.c1cn[nH]c1. The molecular weight excluding hydrogens is 287 g/mol. The van der Waals surface area contributed by atoms with E-state index in [1.54, 1.807) is 37.0 Å². The van der Waals surface area contributed by atoms with E-state index in [0.29, 0.717) is 0 Å². The maximum Gasteiger partial charge on any atom is 0.0594 e. The Balaban J connectivity index is 0.000000734. The second-order valence-electron chi connectivity index (χ2n) is 6.42. The number of rotatable bonds is 12. The minimum absolute atomic E-state index is 0.562. The molecule has 0 aromatic carbocycles. The second-order valence-corrected chi connectivity index (χ2v) is 10.9. The fraction of sp³-hybridized carbons (Fsp3) is 0.842. The molecule has 0 aliphatic rings. The lowest BCUT2D eigenvalue weighted by molar-refractivity contribution is 0.814. The van der Waals surface area contributed by atoms with Gasteiger partial charge in [-0.3, -0.25) is 5.10 Å². The van der Waals surface area contributed by atoms with Crippen LogP contribution in [0.2, 0.25) is 0 Å². The summed E-state index contributed by atoms with van der Waals surface area (Å²) in [5.41, 5.74) is 0. The fourth-order valence-electron chi connectivity index (χ4n) is 2.86. The van der Waals surface area contributed by atoms with Crippen LogP contribution < -0.4 is 0 Å². The first-order chi connectivity index (χ1) is 10.7. The first kappa shape index (κ1) is 21.6. The molecular formula is C19H40N2P+. The molecule has 0 saturated heterocycles. The molecule has 3 heteroatoms. The number of unbranched alkanes of at least 4 members (excludes halogenated alkanes) is 4. The van der Waals surface area contributed by atoms with Gasteiger partial charge in [0.15, 0.2) is 0 Å². The number of hydrogen-bond acceptors (Lipinski definition) is 1. The molecule has 22 heavy (non-hydrogen) atoms. The van der Waals surface area contributed by atoms with Crippen LogP contribution in [-0.4, -0.2) is 34.8 Å². The normalized spacial score (nSPS) is 11.1. The summed E-state index contributed by atoms with van der Waals surface area (Å²) in [7, 11) is -0.562. The quantitative estimate of drug-likeness (QED) is 0.430. The fourth-order valence-corrected chi connectivity index (χ4v) is 8.15. The zero-order chi connectivity index (χ0) is 16.5. The van der Waals surface area contributed by atoms with Gasteiger partial charge in [0.1, 0.15) is 0 Å². The Morgan fingerprint density at radius 3 is 1.32 bits per heavy atom. The van der Waals surface area contributed by atoms with Gasteiger partial charge in [0, 0.05) is 19.7 Å². The molecule has 130 valence electrons. The summed E-state index contributed by atoms with van der Waals surface area (Å²) in [6.07, 6.45) is 21.4. The monoisotopic (exact) mass is 327 g/mol. The predicted molar refractivity (Wildman–Crippen MR) is 105 cm³/mol. The summed E-state index contributed by atoms with van der Waals surface area (Å²) in [6.45, 7) is 9.42. The number of H-pyrrole nitrogens is 1. The third-order valence-electron chi connectivity index (χ3n) is 4.35. The molecule has 1 rings (SSSR count). The smallest absolute Gasteiger partial charge is 0.0594 e. The van der Waals surface area contributed by atoms with Crippen molar-refractivity contribution >= 4 is 7.26 Å². The van der Waals surface area contributed by atoms with Crippen LogP contribution >= 0.6 is 7.26 Å². The van der Waals surface area contributed by atoms with Crippen LogP contribution in [0.4, 0.5) is 0 Å². The van der Waals surface area contributed by atoms with Crippen molar-refractivity contribution in [3.63, 3.8) is 0 Å². The molecule has 0 aliphatic carbocycles. The number of nitrogens with zero attached hydrogens (tertiary/aromatic N) is 1. The Morgan fingerprint density at radius 1 is 0.727 bits per heavy atom. The van der Waals surface area contributed by atoms with Crippen molar-refractivity contribution < 1.29 is 0 Å². The summed E-state index contributed by atoms with van der Waals surface area (Å²) in [5, 5.41) is 6.21. The second kappa shape index (κ2) is 15.5. The topological polar surface area (TPSA) is 28.7 Å². The minimum Gasteiger partial charge on any atom is -0.286 e. The number of hydrogen-bond donors (Lipinski definition) is 1. The van der Waals surface area contributed by atoms with Crippen LogP contribution in [0.5, 0.6) is 0 Å². The summed E-state index contributed by atoms with van der Waals surface area (Å²) < 4.78 is 0. The molecule has 1 aromatic heterocycles. The average molecular weight is 328 g/mol. The highest BCUT2D eigenvalue weighted by Gasteiger charge is 2.34. The molecule has 0 atom stereocenters. The number of nitrogens with one attached hydrogen (secondary N) is 1. The van der Waals surface area contributed by atoms with Gasteiger partial charge >= 0.3 is 0 Å². The highest BCUT2D eigenvalue weighted by Crippen LogP contribution is 2.61. The van der Waals surface area contributed by atoms with Gasteiger partial charge in [0.25, 0.3) is 0 Å². The van der Waals surface area contributed by atoms with E-state index >= 15 is 0 Å². The van der Waals surface area contributed by atoms with E-state index in [-0.39, 0.29) is 0 Å². The van der Waals surface area contributed by atoms with Crippen LogP contribution in [0.15, 0.2) is 18.5 Å². The first-order valence-corrected chi connectivity index (χ1v) is 12.1.